The van der Waals surface area contributed by atoms with Gasteiger partial charge in [-0.25, -0.2) is 0 Å². The van der Waals surface area contributed by atoms with Crippen LogP contribution in [0.25, 0.3) is 0 Å². The largest absolute Gasteiger partial charge is 0.417 e. The lowest BCUT2D eigenvalue weighted by atomic mass is 9.80. The van der Waals surface area contributed by atoms with Crippen molar-refractivity contribution in [3.8, 4) is 0 Å². The Morgan fingerprint density at radius 3 is 1.70 bits per heavy atom. The number of hydrogen-bond donors (Lipinski definition) is 1. The molecule has 0 amide bonds. The number of aliphatic hydroxyl groups is 1. The van der Waals surface area contributed by atoms with Crippen LogP contribution in [0.15, 0.2) is 91.0 Å². The van der Waals surface area contributed by atoms with Crippen LogP contribution < -0.4 is 0 Å². The molecule has 0 radical (unpaired) electrons. The van der Waals surface area contributed by atoms with E-state index in [0.29, 0.717) is 13.0 Å². The normalized spacial score (nSPS) is 20.1. The SMILES string of the molecule is CC(C)(C)[Si](C)(C)OCCC[C@@H]1O[C@@H](CCCOC(c2ccccc2)(c2ccccc2)c2ccccc2)C[C@H]1O. The zero-order chi connectivity index (χ0) is 28.6. The van der Waals surface area contributed by atoms with Crippen LogP contribution in [-0.2, 0) is 19.5 Å². The predicted octanol–water partition coefficient (Wildman–Crippen LogP) is 8.10. The first-order chi connectivity index (χ1) is 19.1. The van der Waals surface area contributed by atoms with Crippen molar-refractivity contribution in [3.63, 3.8) is 0 Å². The number of ether oxygens (including phenoxy) is 2. The van der Waals surface area contributed by atoms with Crippen molar-refractivity contribution in [1.82, 2.24) is 0 Å². The third kappa shape index (κ3) is 7.31. The van der Waals surface area contributed by atoms with Gasteiger partial charge in [0.1, 0.15) is 5.60 Å². The molecule has 0 aliphatic carbocycles. The van der Waals surface area contributed by atoms with Gasteiger partial charge < -0.3 is 19.0 Å². The Labute approximate surface area is 242 Å². The Balaban J connectivity index is 1.35. The summed E-state index contributed by atoms with van der Waals surface area (Å²) in [6, 6.07) is 31.5. The van der Waals surface area contributed by atoms with Crippen molar-refractivity contribution in [2.45, 2.75) is 94.9 Å². The van der Waals surface area contributed by atoms with Gasteiger partial charge in [0.2, 0.25) is 0 Å². The molecule has 1 aliphatic heterocycles. The highest BCUT2D eigenvalue weighted by Gasteiger charge is 2.39. The van der Waals surface area contributed by atoms with Crippen LogP contribution >= 0.6 is 0 Å². The number of benzene rings is 3. The number of hydrogen-bond acceptors (Lipinski definition) is 4. The summed E-state index contributed by atoms with van der Waals surface area (Å²) in [7, 11) is -1.74. The van der Waals surface area contributed by atoms with Gasteiger partial charge in [-0.15, -0.1) is 0 Å². The van der Waals surface area contributed by atoms with Crippen LogP contribution in [0.5, 0.6) is 0 Å². The van der Waals surface area contributed by atoms with Gasteiger partial charge in [-0.1, -0.05) is 112 Å². The summed E-state index contributed by atoms with van der Waals surface area (Å²) in [6.07, 6.45) is 3.70. The maximum absolute atomic E-state index is 10.7. The molecule has 3 atom stereocenters. The van der Waals surface area contributed by atoms with Crippen molar-refractivity contribution in [2.24, 2.45) is 0 Å². The Hall–Kier alpha value is -2.28. The van der Waals surface area contributed by atoms with Crippen LogP contribution in [0.4, 0.5) is 0 Å². The van der Waals surface area contributed by atoms with E-state index in [0.717, 1.165) is 49.0 Å². The first-order valence-corrected chi connectivity index (χ1v) is 17.8. The molecule has 0 saturated carbocycles. The summed E-state index contributed by atoms with van der Waals surface area (Å²) in [4.78, 5) is 0. The molecule has 4 rings (SSSR count). The summed E-state index contributed by atoms with van der Waals surface area (Å²) in [6.45, 7) is 12.7. The molecule has 3 aromatic rings. The van der Waals surface area contributed by atoms with E-state index in [2.05, 4.69) is 107 Å². The second kappa shape index (κ2) is 13.6. The zero-order valence-electron chi connectivity index (χ0n) is 25.0. The topological polar surface area (TPSA) is 47.9 Å². The molecule has 5 heteroatoms. The molecule has 1 fully saturated rings. The molecule has 216 valence electrons. The minimum Gasteiger partial charge on any atom is -0.417 e. The smallest absolute Gasteiger partial charge is 0.191 e. The predicted molar refractivity (Wildman–Crippen MR) is 166 cm³/mol. The van der Waals surface area contributed by atoms with E-state index in [9.17, 15) is 5.11 Å². The van der Waals surface area contributed by atoms with Gasteiger partial charge in [-0.3, -0.25) is 0 Å². The molecule has 40 heavy (non-hydrogen) atoms. The number of rotatable bonds is 13. The molecule has 1 saturated heterocycles. The van der Waals surface area contributed by atoms with Gasteiger partial charge in [0.15, 0.2) is 8.32 Å². The van der Waals surface area contributed by atoms with Crippen molar-refractivity contribution >= 4 is 8.32 Å². The highest BCUT2D eigenvalue weighted by molar-refractivity contribution is 6.74. The zero-order valence-corrected chi connectivity index (χ0v) is 26.0. The lowest BCUT2D eigenvalue weighted by Crippen LogP contribution is -2.41. The quantitative estimate of drug-likeness (QED) is 0.130. The van der Waals surface area contributed by atoms with Gasteiger partial charge in [-0.2, -0.15) is 0 Å². The second-order valence-electron chi connectivity index (χ2n) is 12.6. The van der Waals surface area contributed by atoms with Crippen LogP contribution in [0.1, 0.15) is 69.6 Å². The first-order valence-electron chi connectivity index (χ1n) is 14.9. The highest BCUT2D eigenvalue weighted by Crippen LogP contribution is 2.41. The van der Waals surface area contributed by atoms with Crippen molar-refractivity contribution < 1.29 is 19.0 Å². The fraction of sp³-hybridized carbons (Fsp3) is 0.486. The Morgan fingerprint density at radius 1 is 0.750 bits per heavy atom. The Morgan fingerprint density at radius 2 is 1.23 bits per heavy atom. The highest BCUT2D eigenvalue weighted by atomic mass is 28.4. The van der Waals surface area contributed by atoms with E-state index in [1.807, 2.05) is 18.2 Å². The molecule has 3 aromatic carbocycles. The molecule has 1 aliphatic rings. The standard InChI is InChI=1S/C35H48O4Si/c1-34(2,3)40(4,5)38-26-16-24-33-32(36)27-31(39-33)23-15-25-37-35(28-17-9-6-10-18-28,29-19-11-7-12-20-29)30-21-13-8-14-22-30/h6-14,17-22,31-33,36H,15-16,23-27H2,1-5H3/t31-,32+,33-/m0/s1. The Bertz CT molecular complexity index is 1050. The van der Waals surface area contributed by atoms with E-state index < -0.39 is 20.0 Å². The lowest BCUT2D eigenvalue weighted by molar-refractivity contribution is -0.0142. The second-order valence-corrected chi connectivity index (χ2v) is 17.4. The molecule has 4 nitrogen and oxygen atoms in total. The third-order valence-electron chi connectivity index (χ3n) is 8.73. The molecule has 1 N–H and O–H groups in total. The van der Waals surface area contributed by atoms with Gasteiger partial charge in [0, 0.05) is 19.6 Å². The molecule has 0 bridgehead atoms. The average molecular weight is 561 g/mol. The summed E-state index contributed by atoms with van der Waals surface area (Å²) < 4.78 is 19.5. The number of aliphatic hydroxyl groups excluding tert-OH is 1. The van der Waals surface area contributed by atoms with Gasteiger partial charge >= 0.3 is 0 Å². The van der Waals surface area contributed by atoms with Crippen LogP contribution in [0.2, 0.25) is 18.1 Å². The minimum atomic E-state index is -1.74. The van der Waals surface area contributed by atoms with Gasteiger partial charge in [-0.05, 0) is 60.5 Å². The summed E-state index contributed by atoms with van der Waals surface area (Å²) >= 11 is 0. The minimum absolute atomic E-state index is 0.0597. The van der Waals surface area contributed by atoms with Crippen LogP contribution in [0, 0.1) is 0 Å². The summed E-state index contributed by atoms with van der Waals surface area (Å²) in [5.74, 6) is 0. The lowest BCUT2D eigenvalue weighted by Gasteiger charge is -2.36. The van der Waals surface area contributed by atoms with Crippen molar-refractivity contribution in [3.05, 3.63) is 108 Å². The van der Waals surface area contributed by atoms with Crippen LogP contribution in [0.3, 0.4) is 0 Å². The van der Waals surface area contributed by atoms with E-state index in [1.165, 1.54) is 0 Å². The monoisotopic (exact) mass is 560 g/mol. The van der Waals surface area contributed by atoms with E-state index in [-0.39, 0.29) is 17.2 Å². The Kier molecular flexibility index (Phi) is 10.4. The maximum atomic E-state index is 10.7. The van der Waals surface area contributed by atoms with Crippen molar-refractivity contribution in [1.29, 1.82) is 0 Å². The molecular weight excluding hydrogens is 512 g/mol. The van der Waals surface area contributed by atoms with Gasteiger partial charge in [0.25, 0.3) is 0 Å². The summed E-state index contributed by atoms with van der Waals surface area (Å²) in [5.41, 5.74) is 2.63. The maximum Gasteiger partial charge on any atom is 0.191 e. The van der Waals surface area contributed by atoms with E-state index in [4.69, 9.17) is 13.9 Å². The fourth-order valence-electron chi connectivity index (χ4n) is 5.39. The van der Waals surface area contributed by atoms with Crippen LogP contribution in [-0.4, -0.2) is 44.9 Å². The molecule has 0 unspecified atom stereocenters. The molecule has 0 spiro atoms. The van der Waals surface area contributed by atoms with Gasteiger partial charge in [0.05, 0.1) is 18.3 Å². The van der Waals surface area contributed by atoms with E-state index in [1.54, 1.807) is 0 Å². The molecule has 0 aromatic heterocycles. The first kappa shape index (κ1) is 30.7. The molecule has 1 heterocycles. The third-order valence-corrected chi connectivity index (χ3v) is 13.3. The average Bonchev–Trinajstić information content (AvgIpc) is 3.31. The van der Waals surface area contributed by atoms with Crippen molar-refractivity contribution in [2.75, 3.05) is 13.2 Å². The fourth-order valence-corrected chi connectivity index (χ4v) is 6.48. The summed E-state index contributed by atoms with van der Waals surface area (Å²) in [5, 5.41) is 10.9. The molecular formula is C35H48O4Si. The van der Waals surface area contributed by atoms with E-state index >= 15 is 0 Å².